The van der Waals surface area contributed by atoms with Crippen molar-refractivity contribution >= 4 is 11.5 Å². The molecule has 168 valence electrons. The topological polar surface area (TPSA) is 37.3 Å². The smallest absolute Gasteiger partial charge is 0.190 e. The van der Waals surface area contributed by atoms with Gasteiger partial charge < -0.3 is 5.11 Å². The van der Waals surface area contributed by atoms with Crippen LogP contribution in [0.25, 0.3) is 39.1 Å². The standard InChI is InChI=1S/C33H24O2/c34-31(27-19-11-4-12-20-27)23-32(35)33-29(25-15-7-2-8-16-25)21-28(24-13-5-1-6-14-24)22-30(33)26-17-9-3-10-18-26/h1-23,34H/b31-23-. The summed E-state index contributed by atoms with van der Waals surface area (Å²) in [6.45, 7) is 0. The predicted octanol–water partition coefficient (Wildman–Crippen LogP) is 8.47. The number of hydrogen-bond acceptors (Lipinski definition) is 2. The third-order valence-electron chi connectivity index (χ3n) is 6.00. The summed E-state index contributed by atoms with van der Waals surface area (Å²) in [6.07, 6.45) is 1.33. The third-order valence-corrected chi connectivity index (χ3v) is 6.00. The van der Waals surface area contributed by atoms with E-state index in [-0.39, 0.29) is 11.5 Å². The van der Waals surface area contributed by atoms with Gasteiger partial charge in [0.2, 0.25) is 0 Å². The maximum Gasteiger partial charge on any atom is 0.190 e. The van der Waals surface area contributed by atoms with E-state index >= 15 is 0 Å². The number of rotatable bonds is 6. The lowest BCUT2D eigenvalue weighted by molar-refractivity contribution is 0.104. The molecule has 0 aliphatic carbocycles. The van der Waals surface area contributed by atoms with E-state index in [0.29, 0.717) is 11.1 Å². The molecule has 0 aromatic heterocycles. The van der Waals surface area contributed by atoms with E-state index in [1.165, 1.54) is 6.08 Å². The summed E-state index contributed by atoms with van der Waals surface area (Å²) in [4.78, 5) is 13.8. The number of aliphatic hydroxyl groups excluding tert-OH is 1. The third kappa shape index (κ3) is 4.83. The fourth-order valence-electron chi connectivity index (χ4n) is 4.28. The first-order valence-electron chi connectivity index (χ1n) is 11.6. The van der Waals surface area contributed by atoms with Crippen LogP contribution in [-0.2, 0) is 0 Å². The second-order valence-electron chi connectivity index (χ2n) is 8.30. The highest BCUT2D eigenvalue weighted by Crippen LogP contribution is 2.38. The number of benzene rings is 5. The second-order valence-corrected chi connectivity index (χ2v) is 8.30. The Morgan fingerprint density at radius 3 is 1.37 bits per heavy atom. The summed E-state index contributed by atoms with van der Waals surface area (Å²) in [5.74, 6) is -0.301. The molecule has 5 rings (SSSR count). The van der Waals surface area contributed by atoms with Crippen LogP contribution in [0.1, 0.15) is 15.9 Å². The Morgan fingerprint density at radius 2 is 0.914 bits per heavy atom. The van der Waals surface area contributed by atoms with Gasteiger partial charge in [0.25, 0.3) is 0 Å². The molecule has 0 amide bonds. The summed E-state index contributed by atoms with van der Waals surface area (Å²) in [7, 11) is 0. The SMILES string of the molecule is O=C(/C=C(\O)c1ccccc1)c1c(-c2ccccc2)cc(-c2ccccc2)cc1-c1ccccc1. The Morgan fingerprint density at radius 1 is 0.514 bits per heavy atom. The Hall–Kier alpha value is -4.69. The highest BCUT2D eigenvalue weighted by molar-refractivity contribution is 6.16. The number of carbonyl (C=O) groups is 1. The van der Waals surface area contributed by atoms with Gasteiger partial charge in [0.1, 0.15) is 5.76 Å². The molecule has 0 saturated carbocycles. The van der Waals surface area contributed by atoms with Crippen molar-refractivity contribution in [3.05, 3.63) is 151 Å². The number of aliphatic hydroxyl groups is 1. The molecule has 0 spiro atoms. The highest BCUT2D eigenvalue weighted by Gasteiger charge is 2.20. The van der Waals surface area contributed by atoms with Crippen molar-refractivity contribution in [2.45, 2.75) is 0 Å². The van der Waals surface area contributed by atoms with E-state index in [4.69, 9.17) is 0 Å². The summed E-state index contributed by atoms with van der Waals surface area (Å²) in [6, 6.07) is 43.3. The molecule has 0 heterocycles. The molecule has 0 aliphatic heterocycles. The zero-order chi connectivity index (χ0) is 24.0. The minimum Gasteiger partial charge on any atom is -0.507 e. The van der Waals surface area contributed by atoms with Gasteiger partial charge in [0, 0.05) is 17.2 Å². The average Bonchev–Trinajstić information content (AvgIpc) is 2.94. The highest BCUT2D eigenvalue weighted by atomic mass is 16.3. The molecule has 35 heavy (non-hydrogen) atoms. The molecule has 5 aromatic rings. The van der Waals surface area contributed by atoms with Crippen molar-refractivity contribution in [2.75, 3.05) is 0 Å². The van der Waals surface area contributed by atoms with Crippen molar-refractivity contribution in [1.29, 1.82) is 0 Å². The monoisotopic (exact) mass is 452 g/mol. The van der Waals surface area contributed by atoms with Gasteiger partial charge in [-0.2, -0.15) is 0 Å². The van der Waals surface area contributed by atoms with Crippen molar-refractivity contribution < 1.29 is 9.90 Å². The average molecular weight is 453 g/mol. The molecular weight excluding hydrogens is 428 g/mol. The van der Waals surface area contributed by atoms with Crippen LogP contribution in [0, 0.1) is 0 Å². The largest absolute Gasteiger partial charge is 0.507 e. The molecule has 2 nitrogen and oxygen atoms in total. The molecule has 0 fully saturated rings. The summed E-state index contributed by atoms with van der Waals surface area (Å²) >= 11 is 0. The summed E-state index contributed by atoms with van der Waals surface area (Å²) in [5, 5.41) is 10.7. The molecular formula is C33H24O2. The maximum absolute atomic E-state index is 13.8. The van der Waals surface area contributed by atoms with Gasteiger partial charge in [-0.1, -0.05) is 121 Å². The van der Waals surface area contributed by atoms with E-state index in [1.807, 2.05) is 97.1 Å². The zero-order valence-corrected chi connectivity index (χ0v) is 19.1. The van der Waals surface area contributed by atoms with Gasteiger partial charge in [-0.05, 0) is 45.5 Å². The van der Waals surface area contributed by atoms with E-state index < -0.39 is 0 Å². The van der Waals surface area contributed by atoms with Gasteiger partial charge in [-0.3, -0.25) is 4.79 Å². The van der Waals surface area contributed by atoms with Gasteiger partial charge >= 0.3 is 0 Å². The van der Waals surface area contributed by atoms with Crippen LogP contribution in [0.2, 0.25) is 0 Å². The quantitative estimate of drug-likeness (QED) is 0.159. The van der Waals surface area contributed by atoms with Crippen LogP contribution in [0.3, 0.4) is 0 Å². The van der Waals surface area contributed by atoms with Gasteiger partial charge in [0.05, 0.1) is 0 Å². The lowest BCUT2D eigenvalue weighted by Gasteiger charge is -2.17. The van der Waals surface area contributed by atoms with Crippen LogP contribution in [0.4, 0.5) is 0 Å². The fourth-order valence-corrected chi connectivity index (χ4v) is 4.28. The fraction of sp³-hybridized carbons (Fsp3) is 0. The summed E-state index contributed by atoms with van der Waals surface area (Å²) < 4.78 is 0. The van der Waals surface area contributed by atoms with Crippen molar-refractivity contribution in [3.63, 3.8) is 0 Å². The number of allylic oxidation sites excluding steroid dienone is 1. The van der Waals surface area contributed by atoms with Crippen LogP contribution in [-0.4, -0.2) is 10.9 Å². The van der Waals surface area contributed by atoms with Gasteiger partial charge in [-0.25, -0.2) is 0 Å². The Balaban J connectivity index is 1.78. The lowest BCUT2D eigenvalue weighted by atomic mass is 9.86. The van der Waals surface area contributed by atoms with Gasteiger partial charge in [0.15, 0.2) is 5.78 Å². The van der Waals surface area contributed by atoms with Crippen LogP contribution in [0.5, 0.6) is 0 Å². The second kappa shape index (κ2) is 10.1. The predicted molar refractivity (Wildman–Crippen MR) is 144 cm³/mol. The first kappa shape index (κ1) is 22.1. The zero-order valence-electron chi connectivity index (χ0n) is 19.1. The lowest BCUT2D eigenvalue weighted by Crippen LogP contribution is -2.04. The molecule has 0 aliphatic rings. The number of ketones is 1. The van der Waals surface area contributed by atoms with Gasteiger partial charge in [-0.15, -0.1) is 0 Å². The first-order chi connectivity index (χ1) is 17.2. The molecule has 5 aromatic carbocycles. The van der Waals surface area contributed by atoms with E-state index in [1.54, 1.807) is 12.1 Å². The van der Waals surface area contributed by atoms with Crippen LogP contribution >= 0.6 is 0 Å². The Labute approximate surface area is 205 Å². The van der Waals surface area contributed by atoms with Crippen LogP contribution in [0.15, 0.2) is 140 Å². The summed E-state index contributed by atoms with van der Waals surface area (Å²) in [5.41, 5.74) is 6.80. The molecule has 0 radical (unpaired) electrons. The Bertz CT molecular complexity index is 1410. The van der Waals surface area contributed by atoms with E-state index in [2.05, 4.69) is 24.3 Å². The molecule has 0 bridgehead atoms. The minimum atomic E-state index is -0.247. The Kier molecular flexibility index (Phi) is 6.36. The first-order valence-corrected chi connectivity index (χ1v) is 11.6. The molecule has 0 atom stereocenters. The normalized spacial score (nSPS) is 11.3. The molecule has 1 N–H and O–H groups in total. The molecule has 0 unspecified atom stereocenters. The van der Waals surface area contributed by atoms with Crippen molar-refractivity contribution in [2.24, 2.45) is 0 Å². The molecule has 0 saturated heterocycles. The number of hydrogen-bond donors (Lipinski definition) is 1. The van der Waals surface area contributed by atoms with E-state index in [9.17, 15) is 9.90 Å². The van der Waals surface area contributed by atoms with Crippen molar-refractivity contribution in [3.8, 4) is 33.4 Å². The van der Waals surface area contributed by atoms with Crippen molar-refractivity contribution in [1.82, 2.24) is 0 Å². The van der Waals surface area contributed by atoms with E-state index in [0.717, 1.165) is 33.4 Å². The molecule has 2 heteroatoms. The number of carbonyl (C=O) groups excluding carboxylic acids is 1. The maximum atomic E-state index is 13.8. The van der Waals surface area contributed by atoms with Crippen LogP contribution < -0.4 is 0 Å². The minimum absolute atomic E-state index is 0.0549.